The zero-order chi connectivity index (χ0) is 19.7. The van der Waals surface area contributed by atoms with Crippen molar-refractivity contribution in [1.82, 2.24) is 9.80 Å². The summed E-state index contributed by atoms with van der Waals surface area (Å²) in [6.07, 6.45) is -4.87. The molecule has 6 nitrogen and oxygen atoms in total. The van der Waals surface area contributed by atoms with E-state index in [4.69, 9.17) is 4.74 Å². The Bertz CT molecular complexity index is 682. The van der Waals surface area contributed by atoms with Gasteiger partial charge in [-0.3, -0.25) is 4.79 Å². The van der Waals surface area contributed by atoms with Crippen LogP contribution in [0.25, 0.3) is 0 Å². The fraction of sp³-hybridized carbons (Fsp3) is 0.556. The quantitative estimate of drug-likeness (QED) is 0.865. The van der Waals surface area contributed by atoms with Crippen LogP contribution in [0.2, 0.25) is 0 Å². The first-order chi connectivity index (χ1) is 12.7. The molecule has 3 rings (SSSR count). The summed E-state index contributed by atoms with van der Waals surface area (Å²) in [6, 6.07) is 9.18. The number of halogens is 3. The molecule has 9 heteroatoms. The molecular weight excluding hydrogens is 365 g/mol. The molecule has 0 aromatic heterocycles. The van der Waals surface area contributed by atoms with Gasteiger partial charge in [-0.15, -0.1) is 0 Å². The lowest BCUT2D eigenvalue weighted by atomic mass is 9.75. The number of rotatable bonds is 3. The standard InChI is InChI=1S/C18H21F3N2O4/c19-18(20,21)15(24)22-8-6-14(7-9-22)17(26)11-23(12-17)16(25)27-10-13-4-2-1-3-5-13/h1-5,14,26H,6-12H2. The minimum Gasteiger partial charge on any atom is -0.445 e. The highest BCUT2D eigenvalue weighted by molar-refractivity contribution is 5.81. The number of β-amino-alcohol motifs (C(OH)–C–C–N with tert-alkyl or cyclic N) is 1. The number of aliphatic hydroxyl groups is 1. The van der Waals surface area contributed by atoms with Crippen LogP contribution in [0.1, 0.15) is 18.4 Å². The van der Waals surface area contributed by atoms with E-state index in [1.54, 1.807) is 0 Å². The number of ether oxygens (including phenoxy) is 1. The first-order valence-corrected chi connectivity index (χ1v) is 8.73. The van der Waals surface area contributed by atoms with Gasteiger partial charge in [-0.2, -0.15) is 13.2 Å². The Hall–Kier alpha value is -2.29. The monoisotopic (exact) mass is 386 g/mol. The molecule has 1 aromatic rings. The highest BCUT2D eigenvalue weighted by atomic mass is 19.4. The number of alkyl halides is 3. The van der Waals surface area contributed by atoms with Crippen LogP contribution >= 0.6 is 0 Å². The van der Waals surface area contributed by atoms with Crippen LogP contribution in [-0.2, 0) is 16.1 Å². The number of likely N-dealkylation sites (tertiary alicyclic amines) is 2. The molecule has 2 heterocycles. The molecule has 2 saturated heterocycles. The van der Waals surface area contributed by atoms with E-state index >= 15 is 0 Å². The van der Waals surface area contributed by atoms with Crippen molar-refractivity contribution in [2.24, 2.45) is 5.92 Å². The van der Waals surface area contributed by atoms with Crippen LogP contribution in [0.15, 0.2) is 30.3 Å². The predicted octanol–water partition coefficient (Wildman–Crippen LogP) is 2.17. The van der Waals surface area contributed by atoms with Crippen LogP contribution in [0.5, 0.6) is 0 Å². The Morgan fingerprint density at radius 2 is 1.70 bits per heavy atom. The third-order valence-corrected chi connectivity index (χ3v) is 5.18. The first kappa shape index (κ1) is 19.5. The molecule has 0 saturated carbocycles. The van der Waals surface area contributed by atoms with Gasteiger partial charge in [0.15, 0.2) is 0 Å². The highest BCUT2D eigenvalue weighted by Crippen LogP contribution is 2.36. The Labute approximate surface area is 154 Å². The summed E-state index contributed by atoms with van der Waals surface area (Å²) in [6.45, 7) is 0.192. The molecule has 1 N–H and O–H groups in total. The number of benzene rings is 1. The van der Waals surface area contributed by atoms with Gasteiger partial charge in [-0.25, -0.2) is 4.79 Å². The lowest BCUT2D eigenvalue weighted by Crippen LogP contribution is -2.68. The largest absolute Gasteiger partial charge is 0.471 e. The maximum Gasteiger partial charge on any atom is 0.471 e. The number of amides is 2. The second-order valence-corrected chi connectivity index (χ2v) is 7.06. The second kappa shape index (κ2) is 7.38. The van der Waals surface area contributed by atoms with Gasteiger partial charge < -0.3 is 19.6 Å². The van der Waals surface area contributed by atoms with Crippen LogP contribution in [0, 0.1) is 5.92 Å². The Morgan fingerprint density at radius 3 is 2.26 bits per heavy atom. The predicted molar refractivity (Wildman–Crippen MR) is 88.5 cm³/mol. The smallest absolute Gasteiger partial charge is 0.445 e. The summed E-state index contributed by atoms with van der Waals surface area (Å²) in [5.74, 6) is -2.10. The molecule has 0 radical (unpaired) electrons. The maximum absolute atomic E-state index is 12.5. The molecule has 2 aliphatic rings. The van der Waals surface area contributed by atoms with Crippen molar-refractivity contribution < 1.29 is 32.6 Å². The fourth-order valence-electron chi connectivity index (χ4n) is 3.61. The van der Waals surface area contributed by atoms with Crippen molar-refractivity contribution in [3.63, 3.8) is 0 Å². The zero-order valence-corrected chi connectivity index (χ0v) is 14.6. The van der Waals surface area contributed by atoms with Gasteiger partial charge in [0.25, 0.3) is 0 Å². The molecule has 0 aliphatic carbocycles. The van der Waals surface area contributed by atoms with E-state index in [0.717, 1.165) is 10.5 Å². The second-order valence-electron chi connectivity index (χ2n) is 7.06. The van der Waals surface area contributed by atoms with E-state index < -0.39 is 23.8 Å². The average molecular weight is 386 g/mol. The van der Waals surface area contributed by atoms with Crippen molar-refractivity contribution in [1.29, 1.82) is 0 Å². The molecule has 2 fully saturated rings. The van der Waals surface area contributed by atoms with Crippen LogP contribution in [0.4, 0.5) is 18.0 Å². The minimum absolute atomic E-state index is 0.0518. The summed E-state index contributed by atoms with van der Waals surface area (Å²) in [4.78, 5) is 25.4. The fourth-order valence-corrected chi connectivity index (χ4v) is 3.61. The third-order valence-electron chi connectivity index (χ3n) is 5.18. The lowest BCUT2D eigenvalue weighted by Gasteiger charge is -2.51. The molecule has 0 atom stereocenters. The molecule has 2 amide bonds. The summed E-state index contributed by atoms with van der Waals surface area (Å²) in [5, 5.41) is 10.6. The molecular formula is C18H21F3N2O4. The van der Waals surface area contributed by atoms with Crippen LogP contribution in [0.3, 0.4) is 0 Å². The average Bonchev–Trinajstić information content (AvgIpc) is 2.63. The Morgan fingerprint density at radius 1 is 1.11 bits per heavy atom. The van der Waals surface area contributed by atoms with Gasteiger partial charge in [0, 0.05) is 13.1 Å². The number of hydrogen-bond donors (Lipinski definition) is 1. The van der Waals surface area contributed by atoms with Gasteiger partial charge in [0.05, 0.1) is 13.1 Å². The lowest BCUT2D eigenvalue weighted by molar-refractivity contribution is -0.189. The molecule has 0 unspecified atom stereocenters. The van der Waals surface area contributed by atoms with Crippen molar-refractivity contribution >= 4 is 12.0 Å². The number of hydrogen-bond acceptors (Lipinski definition) is 4. The van der Waals surface area contributed by atoms with Crippen molar-refractivity contribution in [2.75, 3.05) is 26.2 Å². The van der Waals surface area contributed by atoms with Crippen molar-refractivity contribution in [3.05, 3.63) is 35.9 Å². The van der Waals surface area contributed by atoms with Crippen LogP contribution < -0.4 is 0 Å². The summed E-state index contributed by atoms with van der Waals surface area (Å²) in [7, 11) is 0. The van der Waals surface area contributed by atoms with E-state index in [-0.39, 0.29) is 51.5 Å². The van der Waals surface area contributed by atoms with E-state index in [9.17, 15) is 27.9 Å². The molecule has 2 aliphatic heterocycles. The maximum atomic E-state index is 12.5. The molecule has 27 heavy (non-hydrogen) atoms. The van der Waals surface area contributed by atoms with E-state index in [2.05, 4.69) is 0 Å². The number of piperidine rings is 1. The van der Waals surface area contributed by atoms with Gasteiger partial charge in [0.1, 0.15) is 12.2 Å². The van der Waals surface area contributed by atoms with E-state index in [1.165, 1.54) is 4.90 Å². The van der Waals surface area contributed by atoms with E-state index in [0.29, 0.717) is 0 Å². The summed E-state index contributed by atoms with van der Waals surface area (Å²) >= 11 is 0. The van der Waals surface area contributed by atoms with Crippen molar-refractivity contribution in [3.8, 4) is 0 Å². The minimum atomic E-state index is -4.88. The van der Waals surface area contributed by atoms with Gasteiger partial charge in [-0.05, 0) is 24.3 Å². The first-order valence-electron chi connectivity index (χ1n) is 8.73. The normalized spacial score (nSPS) is 20.1. The van der Waals surface area contributed by atoms with Gasteiger partial charge in [0.2, 0.25) is 0 Å². The van der Waals surface area contributed by atoms with Gasteiger partial charge in [-0.1, -0.05) is 30.3 Å². The topological polar surface area (TPSA) is 70.1 Å². The third kappa shape index (κ3) is 4.35. The number of carbonyl (C=O) groups excluding carboxylic acids is 2. The Kier molecular flexibility index (Phi) is 5.32. The van der Waals surface area contributed by atoms with Crippen LogP contribution in [-0.4, -0.2) is 64.9 Å². The summed E-state index contributed by atoms with van der Waals surface area (Å²) in [5.41, 5.74) is -0.289. The summed E-state index contributed by atoms with van der Waals surface area (Å²) < 4.78 is 42.6. The molecule has 1 aromatic carbocycles. The molecule has 0 bridgehead atoms. The SMILES string of the molecule is O=C(OCc1ccccc1)N1CC(O)(C2CCN(C(=O)C(F)(F)F)CC2)C1. The number of carbonyl (C=O) groups is 2. The Balaban J connectivity index is 1.44. The van der Waals surface area contributed by atoms with E-state index in [1.807, 2.05) is 30.3 Å². The molecule has 0 spiro atoms. The highest BCUT2D eigenvalue weighted by Gasteiger charge is 2.51. The molecule has 148 valence electrons. The number of nitrogens with zero attached hydrogens (tertiary/aromatic N) is 2. The van der Waals surface area contributed by atoms with Crippen molar-refractivity contribution in [2.45, 2.75) is 31.2 Å². The zero-order valence-electron chi connectivity index (χ0n) is 14.6. The van der Waals surface area contributed by atoms with Gasteiger partial charge >= 0.3 is 18.2 Å².